The van der Waals surface area contributed by atoms with E-state index in [4.69, 9.17) is 4.42 Å². The molecule has 4 rings (SSSR count). The average molecular weight is 335 g/mol. The van der Waals surface area contributed by atoms with Crippen LogP contribution in [0.3, 0.4) is 0 Å². The predicted molar refractivity (Wildman–Crippen MR) is 94.2 cm³/mol. The SMILES string of the molecule is Cc1ccc(-c2csc(NC(=O)c3ccc4ccccc4n3)n2)o1. The largest absolute Gasteiger partial charge is 0.460 e. The Kier molecular flexibility index (Phi) is 3.59. The molecular formula is C18H13N3O2S. The summed E-state index contributed by atoms with van der Waals surface area (Å²) in [4.78, 5) is 21.1. The van der Waals surface area contributed by atoms with Gasteiger partial charge in [-0.3, -0.25) is 10.1 Å². The van der Waals surface area contributed by atoms with Crippen molar-refractivity contribution >= 4 is 33.3 Å². The fourth-order valence-corrected chi connectivity index (χ4v) is 3.06. The number of rotatable bonds is 3. The molecule has 1 N–H and O–H groups in total. The lowest BCUT2D eigenvalue weighted by molar-refractivity contribution is 0.102. The monoisotopic (exact) mass is 335 g/mol. The number of carbonyl (C=O) groups is 1. The molecule has 0 bridgehead atoms. The summed E-state index contributed by atoms with van der Waals surface area (Å²) in [5.74, 6) is 1.23. The number of hydrogen-bond donors (Lipinski definition) is 1. The lowest BCUT2D eigenvalue weighted by Crippen LogP contribution is -2.13. The molecule has 24 heavy (non-hydrogen) atoms. The van der Waals surface area contributed by atoms with Crippen molar-refractivity contribution in [2.45, 2.75) is 6.92 Å². The van der Waals surface area contributed by atoms with Crippen molar-refractivity contribution in [3.8, 4) is 11.5 Å². The quantitative estimate of drug-likeness (QED) is 0.598. The molecule has 1 aromatic carbocycles. The van der Waals surface area contributed by atoms with Crippen molar-refractivity contribution < 1.29 is 9.21 Å². The number of aryl methyl sites for hydroxylation is 1. The highest BCUT2D eigenvalue weighted by atomic mass is 32.1. The van der Waals surface area contributed by atoms with Crippen molar-refractivity contribution in [3.05, 3.63) is 65.4 Å². The maximum Gasteiger partial charge on any atom is 0.276 e. The number of amides is 1. The third-order valence-electron chi connectivity index (χ3n) is 3.55. The minimum atomic E-state index is -0.280. The van der Waals surface area contributed by atoms with E-state index < -0.39 is 0 Å². The molecule has 0 radical (unpaired) electrons. The van der Waals surface area contributed by atoms with Crippen LogP contribution in [0, 0.1) is 6.92 Å². The van der Waals surface area contributed by atoms with Gasteiger partial charge in [0.1, 0.15) is 17.1 Å². The summed E-state index contributed by atoms with van der Waals surface area (Å²) < 4.78 is 5.54. The fraction of sp³-hybridized carbons (Fsp3) is 0.0556. The van der Waals surface area contributed by atoms with Gasteiger partial charge < -0.3 is 4.42 Å². The molecule has 4 aromatic rings. The van der Waals surface area contributed by atoms with Gasteiger partial charge >= 0.3 is 0 Å². The molecule has 6 heteroatoms. The zero-order chi connectivity index (χ0) is 16.5. The van der Waals surface area contributed by atoms with E-state index in [1.54, 1.807) is 6.07 Å². The number of aromatic nitrogens is 2. The number of carbonyl (C=O) groups excluding carboxylic acids is 1. The van der Waals surface area contributed by atoms with Gasteiger partial charge in [0.2, 0.25) is 0 Å². The van der Waals surface area contributed by atoms with E-state index in [-0.39, 0.29) is 5.91 Å². The Labute approximate surface area is 142 Å². The molecule has 0 fully saturated rings. The molecule has 0 atom stereocenters. The summed E-state index contributed by atoms with van der Waals surface area (Å²) in [6.07, 6.45) is 0. The van der Waals surface area contributed by atoms with E-state index in [0.29, 0.717) is 22.3 Å². The number of nitrogens with zero attached hydrogens (tertiary/aromatic N) is 2. The van der Waals surface area contributed by atoms with Crippen molar-refractivity contribution in [2.75, 3.05) is 5.32 Å². The Morgan fingerprint density at radius 2 is 1.96 bits per heavy atom. The highest BCUT2D eigenvalue weighted by Crippen LogP contribution is 2.26. The molecule has 0 saturated carbocycles. The number of hydrogen-bond acceptors (Lipinski definition) is 5. The van der Waals surface area contributed by atoms with Crippen LogP contribution in [0.4, 0.5) is 5.13 Å². The van der Waals surface area contributed by atoms with Crippen LogP contribution >= 0.6 is 11.3 Å². The molecule has 0 aliphatic rings. The van der Waals surface area contributed by atoms with Gasteiger partial charge in [-0.15, -0.1) is 11.3 Å². The van der Waals surface area contributed by atoms with Crippen molar-refractivity contribution in [1.82, 2.24) is 9.97 Å². The molecule has 3 aromatic heterocycles. The Morgan fingerprint density at radius 1 is 1.08 bits per heavy atom. The maximum absolute atomic E-state index is 12.4. The van der Waals surface area contributed by atoms with Crippen molar-refractivity contribution in [2.24, 2.45) is 0 Å². The predicted octanol–water partition coefficient (Wildman–Crippen LogP) is 4.51. The number of fused-ring (bicyclic) bond motifs is 1. The Balaban J connectivity index is 1.56. The number of para-hydroxylation sites is 1. The molecule has 0 spiro atoms. The summed E-state index contributed by atoms with van der Waals surface area (Å²) in [5.41, 5.74) is 1.85. The lowest BCUT2D eigenvalue weighted by atomic mass is 10.2. The minimum absolute atomic E-state index is 0.280. The molecule has 0 aliphatic heterocycles. The van der Waals surface area contributed by atoms with Crippen molar-refractivity contribution in [3.63, 3.8) is 0 Å². The van der Waals surface area contributed by atoms with Gasteiger partial charge in [-0.25, -0.2) is 9.97 Å². The standard InChI is InChI=1S/C18H13N3O2S/c1-11-6-9-16(23-11)15-10-24-18(20-15)21-17(22)14-8-7-12-4-2-3-5-13(12)19-14/h2-10H,1H3,(H,20,21,22). The molecule has 3 heterocycles. The second-order valence-electron chi connectivity index (χ2n) is 5.29. The zero-order valence-electron chi connectivity index (χ0n) is 12.8. The summed E-state index contributed by atoms with van der Waals surface area (Å²) in [5, 5.41) is 6.14. The normalized spacial score (nSPS) is 10.9. The average Bonchev–Trinajstić information content (AvgIpc) is 3.23. The van der Waals surface area contributed by atoms with Gasteiger partial charge in [0.15, 0.2) is 10.9 Å². The Bertz CT molecular complexity index is 1040. The summed E-state index contributed by atoms with van der Waals surface area (Å²) >= 11 is 1.35. The van der Waals surface area contributed by atoms with Crippen LogP contribution in [-0.2, 0) is 0 Å². The van der Waals surface area contributed by atoms with Gasteiger partial charge in [0.05, 0.1) is 5.52 Å². The highest BCUT2D eigenvalue weighted by Gasteiger charge is 2.13. The summed E-state index contributed by atoms with van der Waals surface area (Å²) in [6, 6.07) is 15.0. The number of anilines is 1. The number of thiazole rings is 1. The number of benzene rings is 1. The van der Waals surface area contributed by atoms with E-state index in [1.165, 1.54) is 11.3 Å². The topological polar surface area (TPSA) is 68.0 Å². The van der Waals surface area contributed by atoms with Crippen molar-refractivity contribution in [1.29, 1.82) is 0 Å². The third-order valence-corrected chi connectivity index (χ3v) is 4.31. The first-order valence-corrected chi connectivity index (χ1v) is 8.26. The van der Waals surface area contributed by atoms with E-state index in [0.717, 1.165) is 16.7 Å². The molecule has 0 saturated heterocycles. The molecule has 0 unspecified atom stereocenters. The molecule has 0 aliphatic carbocycles. The smallest absolute Gasteiger partial charge is 0.276 e. The van der Waals surface area contributed by atoms with Gasteiger partial charge in [0, 0.05) is 10.8 Å². The van der Waals surface area contributed by atoms with Gasteiger partial charge in [-0.1, -0.05) is 24.3 Å². The van der Waals surface area contributed by atoms with Gasteiger partial charge in [0.25, 0.3) is 5.91 Å². The zero-order valence-corrected chi connectivity index (χ0v) is 13.6. The minimum Gasteiger partial charge on any atom is -0.460 e. The molecule has 1 amide bonds. The first-order chi connectivity index (χ1) is 11.7. The van der Waals surface area contributed by atoms with E-state index in [2.05, 4.69) is 15.3 Å². The van der Waals surface area contributed by atoms with E-state index in [1.807, 2.05) is 54.8 Å². The summed E-state index contributed by atoms with van der Waals surface area (Å²) in [6.45, 7) is 1.88. The first-order valence-electron chi connectivity index (χ1n) is 7.38. The van der Waals surface area contributed by atoms with Crippen LogP contribution in [0.15, 0.2) is 58.3 Å². The number of nitrogens with one attached hydrogen (secondary N) is 1. The van der Waals surface area contributed by atoms with E-state index >= 15 is 0 Å². The van der Waals surface area contributed by atoms with E-state index in [9.17, 15) is 4.79 Å². The van der Waals surface area contributed by atoms with Crippen LogP contribution in [0.2, 0.25) is 0 Å². The van der Waals surface area contributed by atoms with Crippen LogP contribution in [0.25, 0.3) is 22.4 Å². The second kappa shape index (κ2) is 5.90. The number of furan rings is 1. The first kappa shape index (κ1) is 14.6. The lowest BCUT2D eigenvalue weighted by Gasteiger charge is -2.02. The molecule has 5 nitrogen and oxygen atoms in total. The van der Waals surface area contributed by atoms with Crippen LogP contribution < -0.4 is 5.32 Å². The Hall–Kier alpha value is -2.99. The van der Waals surface area contributed by atoms with Gasteiger partial charge in [-0.2, -0.15) is 0 Å². The highest BCUT2D eigenvalue weighted by molar-refractivity contribution is 7.14. The van der Waals surface area contributed by atoms with Crippen LogP contribution in [0.5, 0.6) is 0 Å². The fourth-order valence-electron chi connectivity index (χ4n) is 2.37. The Morgan fingerprint density at radius 3 is 2.79 bits per heavy atom. The molecular weight excluding hydrogens is 322 g/mol. The summed E-state index contributed by atoms with van der Waals surface area (Å²) in [7, 11) is 0. The second-order valence-corrected chi connectivity index (χ2v) is 6.15. The van der Waals surface area contributed by atoms with Crippen LogP contribution in [0.1, 0.15) is 16.2 Å². The van der Waals surface area contributed by atoms with Gasteiger partial charge in [-0.05, 0) is 31.2 Å². The number of pyridine rings is 1. The maximum atomic E-state index is 12.4. The third kappa shape index (κ3) is 2.79. The van der Waals surface area contributed by atoms with Crippen LogP contribution in [-0.4, -0.2) is 15.9 Å². The molecule has 118 valence electrons.